The lowest BCUT2D eigenvalue weighted by atomic mass is 10.4. The molecule has 0 aliphatic rings. The first-order chi connectivity index (χ1) is 9.71. The highest BCUT2D eigenvalue weighted by atomic mass is 32.2. The molecule has 2 heterocycles. The minimum absolute atomic E-state index is 0.226. The van der Waals surface area contributed by atoms with E-state index in [1.807, 2.05) is 13.8 Å². The summed E-state index contributed by atoms with van der Waals surface area (Å²) in [6, 6.07) is 0.226. The van der Waals surface area contributed by atoms with Crippen LogP contribution in [0.1, 0.15) is 18.9 Å². The predicted octanol–water partition coefficient (Wildman–Crippen LogP) is 1.20. The molecule has 106 valence electrons. The average molecular weight is 293 g/mol. The summed E-state index contributed by atoms with van der Waals surface area (Å²) in [5.41, 5.74) is 3.37. The van der Waals surface area contributed by atoms with Crippen LogP contribution in [0.3, 0.4) is 0 Å². The maximum absolute atomic E-state index is 5.38. The van der Waals surface area contributed by atoms with Crippen molar-refractivity contribution in [3.63, 3.8) is 0 Å². The third kappa shape index (κ3) is 4.00. The zero-order valence-electron chi connectivity index (χ0n) is 11.2. The molecule has 0 aliphatic carbocycles. The number of ether oxygens (including phenoxy) is 1. The number of nitrogens with zero attached hydrogens (tertiary/aromatic N) is 5. The Morgan fingerprint density at radius 1 is 1.20 bits per heavy atom. The first kappa shape index (κ1) is 14.4. The lowest BCUT2D eigenvalue weighted by molar-refractivity contribution is 0.288. The molecule has 0 unspecified atom stereocenters. The van der Waals surface area contributed by atoms with Gasteiger partial charge in [-0.15, -0.1) is 0 Å². The Labute approximate surface area is 120 Å². The van der Waals surface area contributed by atoms with Gasteiger partial charge in [0.25, 0.3) is 0 Å². The fourth-order valence-corrected chi connectivity index (χ4v) is 1.85. The first-order valence-electron chi connectivity index (χ1n) is 6.03. The maximum Gasteiger partial charge on any atom is 0.322 e. The Kier molecular flexibility index (Phi) is 5.02. The fourth-order valence-electron chi connectivity index (χ4n) is 1.22. The number of hydrogen-bond acceptors (Lipinski definition) is 9. The predicted molar refractivity (Wildman–Crippen MR) is 74.3 cm³/mol. The van der Waals surface area contributed by atoms with Crippen LogP contribution in [0.2, 0.25) is 0 Å². The van der Waals surface area contributed by atoms with Crippen LogP contribution >= 0.6 is 11.8 Å². The van der Waals surface area contributed by atoms with Crippen molar-refractivity contribution >= 4 is 17.7 Å². The first-order valence-corrected chi connectivity index (χ1v) is 6.85. The van der Waals surface area contributed by atoms with Gasteiger partial charge in [-0.2, -0.15) is 15.0 Å². The van der Waals surface area contributed by atoms with Gasteiger partial charge >= 0.3 is 6.01 Å². The highest BCUT2D eigenvalue weighted by Crippen LogP contribution is 2.22. The summed E-state index contributed by atoms with van der Waals surface area (Å²) in [4.78, 5) is 20.7. The molecule has 0 aromatic carbocycles. The van der Waals surface area contributed by atoms with Gasteiger partial charge in [0.1, 0.15) is 0 Å². The summed E-state index contributed by atoms with van der Waals surface area (Å²) in [7, 11) is 0. The van der Waals surface area contributed by atoms with Gasteiger partial charge in [-0.25, -0.2) is 15.8 Å². The van der Waals surface area contributed by atoms with E-state index in [1.165, 1.54) is 11.8 Å². The topological polar surface area (TPSA) is 112 Å². The highest BCUT2D eigenvalue weighted by molar-refractivity contribution is 7.99. The van der Waals surface area contributed by atoms with E-state index in [0.717, 1.165) is 12.0 Å². The Bertz CT molecular complexity index is 563. The molecular formula is C11H15N7OS. The maximum atomic E-state index is 5.38. The van der Waals surface area contributed by atoms with Crippen molar-refractivity contribution in [2.24, 2.45) is 5.84 Å². The van der Waals surface area contributed by atoms with Gasteiger partial charge in [0.05, 0.1) is 6.61 Å². The quantitative estimate of drug-likeness (QED) is 0.460. The van der Waals surface area contributed by atoms with Crippen LogP contribution in [0, 0.1) is 6.92 Å². The number of nitrogens with two attached hydrogens (primary N) is 1. The summed E-state index contributed by atoms with van der Waals surface area (Å²) >= 11 is 1.21. The standard InChI is InChI=1S/C11H15N7OS/c1-3-4-19-9-15-8(18-12)16-11(17-9)20-10-13-5-7(2)6-14-10/h5-6H,3-4,12H2,1-2H3,(H,15,16,17,18). The summed E-state index contributed by atoms with van der Waals surface area (Å²) in [6.45, 7) is 4.45. The van der Waals surface area contributed by atoms with Crippen molar-refractivity contribution < 1.29 is 4.74 Å². The molecular weight excluding hydrogens is 278 g/mol. The van der Waals surface area contributed by atoms with Crippen molar-refractivity contribution in [2.75, 3.05) is 12.0 Å². The van der Waals surface area contributed by atoms with Crippen LogP contribution in [0.25, 0.3) is 0 Å². The Balaban J connectivity index is 2.19. The molecule has 2 rings (SSSR count). The van der Waals surface area contributed by atoms with Gasteiger partial charge in [-0.1, -0.05) is 6.92 Å². The molecule has 20 heavy (non-hydrogen) atoms. The third-order valence-corrected chi connectivity index (χ3v) is 2.86. The van der Waals surface area contributed by atoms with E-state index in [4.69, 9.17) is 10.6 Å². The molecule has 0 atom stereocenters. The molecule has 3 N–H and O–H groups in total. The van der Waals surface area contributed by atoms with Crippen LogP contribution in [-0.4, -0.2) is 31.5 Å². The van der Waals surface area contributed by atoms with Crippen LogP contribution < -0.4 is 16.0 Å². The van der Waals surface area contributed by atoms with Gasteiger partial charge in [0.15, 0.2) is 5.16 Å². The lowest BCUT2D eigenvalue weighted by Crippen LogP contribution is -2.13. The van der Waals surface area contributed by atoms with Crippen molar-refractivity contribution in [3.8, 4) is 6.01 Å². The summed E-state index contributed by atoms with van der Waals surface area (Å²) < 4.78 is 5.38. The monoisotopic (exact) mass is 293 g/mol. The summed E-state index contributed by atoms with van der Waals surface area (Å²) in [5.74, 6) is 5.57. The number of anilines is 1. The molecule has 8 nitrogen and oxygen atoms in total. The second-order valence-electron chi connectivity index (χ2n) is 3.86. The van der Waals surface area contributed by atoms with E-state index in [-0.39, 0.29) is 12.0 Å². The lowest BCUT2D eigenvalue weighted by Gasteiger charge is -2.06. The van der Waals surface area contributed by atoms with Gasteiger partial charge in [0.2, 0.25) is 11.1 Å². The van der Waals surface area contributed by atoms with Crippen molar-refractivity contribution in [2.45, 2.75) is 30.6 Å². The van der Waals surface area contributed by atoms with Crippen LogP contribution in [0.5, 0.6) is 6.01 Å². The zero-order valence-corrected chi connectivity index (χ0v) is 12.0. The number of aryl methyl sites for hydroxylation is 1. The second kappa shape index (κ2) is 6.96. The number of aromatic nitrogens is 5. The molecule has 0 bridgehead atoms. The molecule has 0 spiro atoms. The van der Waals surface area contributed by atoms with E-state index in [0.29, 0.717) is 16.9 Å². The number of nitrogen functional groups attached to an aromatic ring is 1. The normalized spacial score (nSPS) is 10.3. The minimum Gasteiger partial charge on any atom is -0.463 e. The number of nitrogens with one attached hydrogen (secondary N) is 1. The molecule has 2 aromatic heterocycles. The minimum atomic E-state index is 0.226. The van der Waals surface area contributed by atoms with Gasteiger partial charge < -0.3 is 4.74 Å². The molecule has 0 saturated carbocycles. The largest absolute Gasteiger partial charge is 0.463 e. The molecule has 0 aliphatic heterocycles. The number of hydrazine groups is 1. The van der Waals surface area contributed by atoms with E-state index in [9.17, 15) is 0 Å². The molecule has 9 heteroatoms. The van der Waals surface area contributed by atoms with Crippen molar-refractivity contribution in [1.29, 1.82) is 0 Å². The molecule has 0 fully saturated rings. The highest BCUT2D eigenvalue weighted by Gasteiger charge is 2.09. The fraction of sp³-hybridized carbons (Fsp3) is 0.364. The van der Waals surface area contributed by atoms with Gasteiger partial charge in [0, 0.05) is 12.4 Å². The molecule has 0 saturated heterocycles. The molecule has 0 radical (unpaired) electrons. The van der Waals surface area contributed by atoms with E-state index < -0.39 is 0 Å². The smallest absolute Gasteiger partial charge is 0.322 e. The average Bonchev–Trinajstić information content (AvgIpc) is 2.47. The Morgan fingerprint density at radius 3 is 2.60 bits per heavy atom. The van der Waals surface area contributed by atoms with Gasteiger partial charge in [-0.05, 0) is 30.7 Å². The van der Waals surface area contributed by atoms with Crippen molar-refractivity contribution in [1.82, 2.24) is 24.9 Å². The van der Waals surface area contributed by atoms with Gasteiger partial charge in [-0.3, -0.25) is 5.43 Å². The summed E-state index contributed by atoms with van der Waals surface area (Å²) in [5, 5.41) is 0.967. The third-order valence-electron chi connectivity index (χ3n) is 2.10. The van der Waals surface area contributed by atoms with E-state index in [2.05, 4.69) is 30.3 Å². The number of rotatable bonds is 6. The van der Waals surface area contributed by atoms with Crippen LogP contribution in [0.4, 0.5) is 5.95 Å². The zero-order chi connectivity index (χ0) is 14.4. The molecule has 0 amide bonds. The van der Waals surface area contributed by atoms with E-state index in [1.54, 1.807) is 12.4 Å². The molecule has 2 aromatic rings. The Morgan fingerprint density at radius 2 is 1.95 bits per heavy atom. The SMILES string of the molecule is CCCOc1nc(NN)nc(Sc2ncc(C)cn2)n1. The van der Waals surface area contributed by atoms with E-state index >= 15 is 0 Å². The van der Waals surface area contributed by atoms with Crippen LogP contribution in [0.15, 0.2) is 22.7 Å². The summed E-state index contributed by atoms with van der Waals surface area (Å²) in [6.07, 6.45) is 4.32. The Hall–Kier alpha value is -2.00. The van der Waals surface area contributed by atoms with Crippen LogP contribution in [-0.2, 0) is 0 Å². The number of hydrogen-bond donors (Lipinski definition) is 2. The second-order valence-corrected chi connectivity index (χ2v) is 4.80. The van der Waals surface area contributed by atoms with Crippen molar-refractivity contribution in [3.05, 3.63) is 18.0 Å².